The molecule has 0 heterocycles. The number of carbonyl (C=O) groups excluding carboxylic acids is 1. The number of hydrogen-bond acceptors (Lipinski definition) is 3. The van der Waals surface area contributed by atoms with E-state index < -0.39 is 13.5 Å². The summed E-state index contributed by atoms with van der Waals surface area (Å²) in [6, 6.07) is 0. The van der Waals surface area contributed by atoms with Crippen LogP contribution in [-0.2, 0) is 14.6 Å². The topological polar surface area (TPSA) is 51.2 Å². The van der Waals surface area contributed by atoms with E-state index in [1.165, 1.54) is 0 Å². The number of sulfone groups is 1. The Bertz CT molecular complexity index is 318. The van der Waals surface area contributed by atoms with Crippen molar-refractivity contribution in [3.8, 4) is 0 Å². The molecule has 1 saturated carbocycles. The van der Waals surface area contributed by atoms with Crippen LogP contribution in [0.1, 0.15) is 26.2 Å². The lowest BCUT2D eigenvalue weighted by Crippen LogP contribution is -2.40. The van der Waals surface area contributed by atoms with Crippen molar-refractivity contribution < 1.29 is 13.2 Å². The van der Waals surface area contributed by atoms with Crippen molar-refractivity contribution in [2.45, 2.75) is 29.8 Å². The second kappa shape index (κ2) is 3.35. The molecule has 0 aromatic rings. The molecule has 3 nitrogen and oxygen atoms in total. The van der Waals surface area contributed by atoms with E-state index in [0.717, 1.165) is 19.1 Å². The molecule has 0 bridgehead atoms. The van der Waals surface area contributed by atoms with E-state index in [4.69, 9.17) is 0 Å². The van der Waals surface area contributed by atoms with E-state index in [1.54, 1.807) is 6.92 Å². The molecule has 1 atom stereocenters. The van der Waals surface area contributed by atoms with Crippen molar-refractivity contribution in [3.05, 3.63) is 0 Å². The summed E-state index contributed by atoms with van der Waals surface area (Å²) in [6.07, 6.45) is 3.07. The fourth-order valence-corrected chi connectivity index (χ4v) is 2.65. The highest BCUT2D eigenvalue weighted by Gasteiger charge is 2.49. The lowest BCUT2D eigenvalue weighted by atomic mass is 10.1. The highest BCUT2D eigenvalue weighted by molar-refractivity contribution is 9.12. The number of rotatable bonds is 4. The third kappa shape index (κ3) is 1.96. The predicted octanol–water partition coefficient (Wildman–Crippen LogP) is 1.51. The molecule has 0 aromatic heterocycles. The summed E-state index contributed by atoms with van der Waals surface area (Å²) in [6.45, 7) is 1.70. The molecule has 1 fully saturated rings. The summed E-state index contributed by atoms with van der Waals surface area (Å²) < 4.78 is 21.4. The van der Waals surface area contributed by atoms with Crippen LogP contribution in [-0.4, -0.2) is 24.1 Å². The monoisotopic (exact) mass is 268 g/mol. The average Bonchev–Trinajstić information content (AvgIpc) is 2.81. The minimum absolute atomic E-state index is 0.0333. The van der Waals surface area contributed by atoms with Gasteiger partial charge in [0, 0.05) is 12.2 Å². The van der Waals surface area contributed by atoms with Crippen molar-refractivity contribution in [1.82, 2.24) is 0 Å². The zero-order chi connectivity index (χ0) is 10.3. The van der Waals surface area contributed by atoms with Gasteiger partial charge in [0.15, 0.2) is 19.3 Å². The fraction of sp³-hybridized carbons (Fsp3) is 0.875. The van der Waals surface area contributed by atoms with Crippen LogP contribution in [0.25, 0.3) is 0 Å². The summed E-state index contributed by atoms with van der Waals surface area (Å²) in [7, 11) is -3.35. The Morgan fingerprint density at radius 1 is 1.54 bits per heavy atom. The molecule has 0 saturated heterocycles. The van der Waals surface area contributed by atoms with Gasteiger partial charge in [-0.2, -0.15) is 0 Å². The van der Waals surface area contributed by atoms with Gasteiger partial charge in [-0.05, 0) is 19.3 Å². The van der Waals surface area contributed by atoms with Crippen LogP contribution in [0.2, 0.25) is 0 Å². The van der Waals surface area contributed by atoms with Crippen LogP contribution in [0, 0.1) is 5.92 Å². The molecule has 76 valence electrons. The summed E-state index contributed by atoms with van der Waals surface area (Å²) >= 11 is 3.07. The Morgan fingerprint density at radius 3 is 2.23 bits per heavy atom. The van der Waals surface area contributed by atoms with Gasteiger partial charge >= 0.3 is 0 Å². The maximum atomic E-state index is 11.7. The van der Waals surface area contributed by atoms with E-state index in [9.17, 15) is 13.2 Å². The van der Waals surface area contributed by atoms with Crippen molar-refractivity contribution >= 4 is 31.6 Å². The molecular formula is C8H13BrO3S. The van der Waals surface area contributed by atoms with Gasteiger partial charge in [0.25, 0.3) is 0 Å². The SMILES string of the molecule is CCC(Br)(C(=O)C1CC1)S(C)(=O)=O. The van der Waals surface area contributed by atoms with Crippen LogP contribution < -0.4 is 0 Å². The Balaban J connectivity index is 2.99. The summed E-state index contributed by atoms with van der Waals surface area (Å²) in [5.41, 5.74) is 0. The number of halogens is 1. The number of hydrogen-bond donors (Lipinski definition) is 0. The number of Topliss-reactive ketones (excluding diaryl/α,β-unsaturated/α-hetero) is 1. The van der Waals surface area contributed by atoms with Crippen LogP contribution in [0.15, 0.2) is 0 Å². The van der Waals surface area contributed by atoms with Crippen LogP contribution in [0.4, 0.5) is 0 Å². The number of carbonyl (C=O) groups is 1. The van der Waals surface area contributed by atoms with Gasteiger partial charge in [0.1, 0.15) is 0 Å². The van der Waals surface area contributed by atoms with Crippen molar-refractivity contribution in [2.75, 3.05) is 6.26 Å². The zero-order valence-electron chi connectivity index (χ0n) is 7.71. The first kappa shape index (κ1) is 11.2. The van der Waals surface area contributed by atoms with E-state index in [2.05, 4.69) is 15.9 Å². The number of alkyl halides is 1. The first-order valence-corrected chi connectivity index (χ1v) is 6.94. The molecule has 1 aliphatic carbocycles. The zero-order valence-corrected chi connectivity index (χ0v) is 10.1. The molecule has 13 heavy (non-hydrogen) atoms. The highest BCUT2D eigenvalue weighted by atomic mass is 79.9. The van der Waals surface area contributed by atoms with Gasteiger partial charge in [-0.15, -0.1) is 0 Å². The number of ketones is 1. The lowest BCUT2D eigenvalue weighted by molar-refractivity contribution is -0.120. The molecule has 1 unspecified atom stereocenters. The molecule has 0 aliphatic heterocycles. The molecule has 0 N–H and O–H groups in total. The van der Waals surface area contributed by atoms with Gasteiger partial charge in [-0.3, -0.25) is 4.79 Å². The normalized spacial score (nSPS) is 22.4. The minimum Gasteiger partial charge on any atom is -0.297 e. The second-order valence-corrected chi connectivity index (χ2v) is 7.61. The van der Waals surface area contributed by atoms with Crippen molar-refractivity contribution in [1.29, 1.82) is 0 Å². The minimum atomic E-state index is -3.35. The molecule has 1 aliphatic rings. The molecule has 1 rings (SSSR count). The third-order valence-corrected chi connectivity index (χ3v) is 6.74. The van der Waals surface area contributed by atoms with E-state index >= 15 is 0 Å². The summed E-state index contributed by atoms with van der Waals surface area (Å²) in [4.78, 5) is 11.7. The van der Waals surface area contributed by atoms with Gasteiger partial charge in [0.05, 0.1) is 0 Å². The van der Waals surface area contributed by atoms with E-state index in [1.807, 2.05) is 0 Å². The van der Waals surface area contributed by atoms with Crippen LogP contribution in [0.3, 0.4) is 0 Å². The second-order valence-electron chi connectivity index (χ2n) is 3.49. The van der Waals surface area contributed by atoms with Gasteiger partial charge in [-0.25, -0.2) is 8.42 Å². The smallest absolute Gasteiger partial charge is 0.184 e. The van der Waals surface area contributed by atoms with Gasteiger partial charge in [0.2, 0.25) is 0 Å². The Kier molecular flexibility index (Phi) is 2.88. The first-order chi connectivity index (χ1) is 5.83. The molecule has 0 spiro atoms. The van der Waals surface area contributed by atoms with Crippen molar-refractivity contribution in [2.24, 2.45) is 5.92 Å². The van der Waals surface area contributed by atoms with Crippen LogP contribution in [0.5, 0.6) is 0 Å². The van der Waals surface area contributed by atoms with E-state index in [-0.39, 0.29) is 11.7 Å². The first-order valence-electron chi connectivity index (χ1n) is 4.25. The van der Waals surface area contributed by atoms with E-state index in [0.29, 0.717) is 6.42 Å². The predicted molar refractivity (Wildman–Crippen MR) is 54.5 cm³/mol. The molecule has 0 amide bonds. The summed E-state index contributed by atoms with van der Waals surface area (Å²) in [5, 5.41) is 0. The Hall–Kier alpha value is 0.1000. The third-order valence-electron chi connectivity index (χ3n) is 2.36. The molecule has 5 heteroatoms. The van der Waals surface area contributed by atoms with Crippen LogP contribution >= 0.6 is 15.9 Å². The van der Waals surface area contributed by atoms with Gasteiger partial charge in [-0.1, -0.05) is 22.9 Å². The average molecular weight is 269 g/mol. The van der Waals surface area contributed by atoms with Crippen molar-refractivity contribution in [3.63, 3.8) is 0 Å². The largest absolute Gasteiger partial charge is 0.297 e. The summed E-state index contributed by atoms with van der Waals surface area (Å²) in [5.74, 6) is -0.202. The maximum Gasteiger partial charge on any atom is 0.184 e. The molecular weight excluding hydrogens is 256 g/mol. The molecule has 0 radical (unpaired) electrons. The quantitative estimate of drug-likeness (QED) is 0.727. The highest BCUT2D eigenvalue weighted by Crippen LogP contribution is 2.41. The van der Waals surface area contributed by atoms with Gasteiger partial charge < -0.3 is 0 Å². The Labute approximate surface area is 86.9 Å². The maximum absolute atomic E-state index is 11.7. The Morgan fingerprint density at radius 2 is 2.00 bits per heavy atom. The lowest BCUT2D eigenvalue weighted by Gasteiger charge is -2.22. The standard InChI is InChI=1S/C8H13BrO3S/c1-3-8(9,13(2,11)12)7(10)6-4-5-6/h6H,3-5H2,1-2H3. The molecule has 0 aromatic carbocycles. The fourth-order valence-electron chi connectivity index (χ4n) is 1.27.